The van der Waals surface area contributed by atoms with Gasteiger partial charge in [-0.3, -0.25) is 10.2 Å². The molecular weight excluding hydrogens is 511 g/mol. The predicted octanol–water partition coefficient (Wildman–Crippen LogP) is 6.69. The lowest BCUT2D eigenvalue weighted by atomic mass is 10.0. The van der Waals surface area contributed by atoms with E-state index < -0.39 is 0 Å². The second kappa shape index (κ2) is 10.4. The van der Waals surface area contributed by atoms with Gasteiger partial charge in [-0.15, -0.1) is 0 Å². The van der Waals surface area contributed by atoms with Crippen molar-refractivity contribution < 1.29 is 4.79 Å². The average Bonchev–Trinajstić information content (AvgIpc) is 2.96. The number of rotatable bonds is 5. The number of carbonyl (C=O) groups excluding carboxylic acids is 1. The molecule has 32 heavy (non-hydrogen) atoms. The maximum atomic E-state index is 13.3. The molecule has 0 radical (unpaired) electrons. The van der Waals surface area contributed by atoms with Gasteiger partial charge in [0.05, 0.1) is 16.4 Å². The van der Waals surface area contributed by atoms with Crippen molar-refractivity contribution in [1.82, 2.24) is 20.2 Å². The molecule has 0 bridgehead atoms. The van der Waals surface area contributed by atoms with Crippen LogP contribution in [0.15, 0.2) is 46.9 Å². The van der Waals surface area contributed by atoms with Crippen LogP contribution in [0.25, 0.3) is 16.9 Å². The van der Waals surface area contributed by atoms with Crippen LogP contribution >= 0.6 is 39.1 Å². The Morgan fingerprint density at radius 1 is 1.06 bits per heavy atom. The van der Waals surface area contributed by atoms with E-state index in [9.17, 15) is 4.79 Å². The molecule has 1 aliphatic rings. The Labute approximate surface area is 206 Å². The molecule has 1 amide bonds. The van der Waals surface area contributed by atoms with Gasteiger partial charge in [-0.25, -0.2) is 9.69 Å². The Kier molecular flexibility index (Phi) is 7.56. The van der Waals surface area contributed by atoms with Crippen molar-refractivity contribution in [1.29, 1.82) is 0 Å². The van der Waals surface area contributed by atoms with E-state index >= 15 is 0 Å². The average molecular weight is 536 g/mol. The summed E-state index contributed by atoms with van der Waals surface area (Å²) < 4.78 is 2.74. The summed E-state index contributed by atoms with van der Waals surface area (Å²) in [5, 5.41) is 7.80. The van der Waals surface area contributed by atoms with E-state index in [1.165, 1.54) is 12.8 Å². The van der Waals surface area contributed by atoms with E-state index in [0.717, 1.165) is 47.2 Å². The van der Waals surface area contributed by atoms with Crippen LogP contribution in [0.2, 0.25) is 10.0 Å². The first-order valence-electron chi connectivity index (χ1n) is 10.9. The number of amides is 1. The number of benzene rings is 2. The zero-order valence-electron chi connectivity index (χ0n) is 17.9. The SMILES string of the molecule is CCc1c(C(=O)NN2CCCCCC2)nn(-c2ccc(Cl)cc2Cl)c1-c1ccc(Br)cc1. The highest BCUT2D eigenvalue weighted by Gasteiger charge is 2.26. The molecule has 1 aliphatic heterocycles. The molecule has 8 heteroatoms. The first-order valence-corrected chi connectivity index (χ1v) is 12.4. The van der Waals surface area contributed by atoms with Crippen molar-refractivity contribution in [2.75, 3.05) is 13.1 Å². The molecule has 1 N–H and O–H groups in total. The monoisotopic (exact) mass is 534 g/mol. The minimum Gasteiger partial charge on any atom is -0.283 e. The summed E-state index contributed by atoms with van der Waals surface area (Å²) >= 11 is 16.2. The van der Waals surface area contributed by atoms with Crippen molar-refractivity contribution in [2.24, 2.45) is 0 Å². The van der Waals surface area contributed by atoms with Crippen LogP contribution in [0.4, 0.5) is 0 Å². The normalized spacial score (nSPS) is 14.9. The van der Waals surface area contributed by atoms with E-state index in [0.29, 0.717) is 27.8 Å². The highest BCUT2D eigenvalue weighted by Crippen LogP contribution is 2.34. The molecule has 0 saturated carbocycles. The van der Waals surface area contributed by atoms with Gasteiger partial charge < -0.3 is 0 Å². The van der Waals surface area contributed by atoms with Gasteiger partial charge in [-0.1, -0.05) is 71.0 Å². The van der Waals surface area contributed by atoms with Crippen LogP contribution in [0.1, 0.15) is 48.7 Å². The number of hydrazine groups is 1. The molecule has 5 nitrogen and oxygen atoms in total. The van der Waals surface area contributed by atoms with E-state index in [-0.39, 0.29) is 5.91 Å². The Morgan fingerprint density at radius 2 is 1.75 bits per heavy atom. The number of carbonyl (C=O) groups is 1. The first kappa shape index (κ1) is 23.3. The summed E-state index contributed by atoms with van der Waals surface area (Å²) in [5.41, 5.74) is 6.87. The Bertz CT molecular complexity index is 1110. The lowest BCUT2D eigenvalue weighted by molar-refractivity contribution is 0.0787. The molecule has 1 aromatic heterocycles. The second-order valence-electron chi connectivity index (χ2n) is 7.89. The van der Waals surface area contributed by atoms with E-state index in [1.807, 2.05) is 42.3 Å². The minimum atomic E-state index is -0.189. The number of hydrogen-bond donors (Lipinski definition) is 1. The molecule has 0 aliphatic carbocycles. The third kappa shape index (κ3) is 5.04. The number of nitrogens with one attached hydrogen (secondary N) is 1. The topological polar surface area (TPSA) is 50.2 Å². The summed E-state index contributed by atoms with van der Waals surface area (Å²) in [6.45, 7) is 3.75. The van der Waals surface area contributed by atoms with Crippen LogP contribution in [0.3, 0.4) is 0 Å². The number of halogens is 3. The number of nitrogens with zero attached hydrogens (tertiary/aromatic N) is 3. The van der Waals surface area contributed by atoms with Crippen LogP contribution in [0, 0.1) is 0 Å². The van der Waals surface area contributed by atoms with Crippen LogP contribution in [0.5, 0.6) is 0 Å². The quantitative estimate of drug-likeness (QED) is 0.396. The molecule has 1 saturated heterocycles. The lowest BCUT2D eigenvalue weighted by Crippen LogP contribution is -2.43. The fraction of sp³-hybridized carbons (Fsp3) is 0.333. The summed E-state index contributed by atoms with van der Waals surface area (Å²) in [6.07, 6.45) is 5.22. The molecular formula is C24H25BrCl2N4O. The summed E-state index contributed by atoms with van der Waals surface area (Å²) in [6, 6.07) is 13.3. The standard InChI is InChI=1S/C24H25BrCl2N4O/c1-2-19-22(24(32)29-30-13-5-3-4-6-14-30)28-31(21-12-11-18(26)15-20(21)27)23(19)16-7-9-17(25)10-8-16/h7-12,15H,2-6,13-14H2,1H3,(H,29,32). The maximum absolute atomic E-state index is 13.3. The van der Waals surface area contributed by atoms with Gasteiger partial charge in [0.2, 0.25) is 0 Å². The fourth-order valence-electron chi connectivity index (χ4n) is 4.08. The van der Waals surface area contributed by atoms with Gasteiger partial charge in [-0.05, 0) is 49.6 Å². The van der Waals surface area contributed by atoms with E-state index in [4.69, 9.17) is 28.3 Å². The minimum absolute atomic E-state index is 0.189. The van der Waals surface area contributed by atoms with E-state index in [2.05, 4.69) is 21.4 Å². The molecule has 0 unspecified atom stereocenters. The summed E-state index contributed by atoms with van der Waals surface area (Å²) in [4.78, 5) is 13.3. The zero-order chi connectivity index (χ0) is 22.7. The van der Waals surface area contributed by atoms with Crippen LogP contribution in [-0.4, -0.2) is 33.8 Å². The first-order chi connectivity index (χ1) is 15.5. The molecule has 2 aromatic carbocycles. The van der Waals surface area contributed by atoms with Gasteiger partial charge in [0.1, 0.15) is 0 Å². The Morgan fingerprint density at radius 3 is 2.38 bits per heavy atom. The van der Waals surface area contributed by atoms with Crippen molar-refractivity contribution in [3.8, 4) is 16.9 Å². The molecule has 0 spiro atoms. The van der Waals surface area contributed by atoms with Gasteiger partial charge in [0.25, 0.3) is 5.91 Å². The lowest BCUT2D eigenvalue weighted by Gasteiger charge is -2.20. The second-order valence-corrected chi connectivity index (χ2v) is 9.65. The smallest absolute Gasteiger partial charge is 0.283 e. The third-order valence-corrected chi connectivity index (χ3v) is 6.74. The summed E-state index contributed by atoms with van der Waals surface area (Å²) in [5.74, 6) is -0.189. The fourth-order valence-corrected chi connectivity index (χ4v) is 4.83. The van der Waals surface area contributed by atoms with Gasteiger partial charge in [0.15, 0.2) is 5.69 Å². The molecule has 168 valence electrons. The molecule has 2 heterocycles. The predicted molar refractivity (Wildman–Crippen MR) is 134 cm³/mol. The number of aromatic nitrogens is 2. The van der Waals surface area contributed by atoms with Crippen LogP contribution < -0.4 is 5.43 Å². The number of hydrogen-bond acceptors (Lipinski definition) is 3. The van der Waals surface area contributed by atoms with Gasteiger partial charge in [-0.2, -0.15) is 5.10 Å². The van der Waals surface area contributed by atoms with Gasteiger partial charge in [0, 0.05) is 33.7 Å². The zero-order valence-corrected chi connectivity index (χ0v) is 21.0. The third-order valence-electron chi connectivity index (χ3n) is 5.67. The van der Waals surface area contributed by atoms with Crippen molar-refractivity contribution in [3.63, 3.8) is 0 Å². The van der Waals surface area contributed by atoms with E-state index in [1.54, 1.807) is 16.8 Å². The highest BCUT2D eigenvalue weighted by atomic mass is 79.9. The van der Waals surface area contributed by atoms with Crippen molar-refractivity contribution in [2.45, 2.75) is 39.0 Å². The van der Waals surface area contributed by atoms with Gasteiger partial charge >= 0.3 is 0 Å². The Hall–Kier alpha value is -1.86. The van der Waals surface area contributed by atoms with Crippen molar-refractivity contribution >= 4 is 45.0 Å². The largest absolute Gasteiger partial charge is 0.286 e. The molecule has 1 fully saturated rings. The Balaban J connectivity index is 1.82. The summed E-state index contributed by atoms with van der Waals surface area (Å²) in [7, 11) is 0. The molecule has 3 aromatic rings. The highest BCUT2D eigenvalue weighted by molar-refractivity contribution is 9.10. The van der Waals surface area contributed by atoms with Crippen molar-refractivity contribution in [3.05, 3.63) is 68.2 Å². The van der Waals surface area contributed by atoms with Crippen LogP contribution in [-0.2, 0) is 6.42 Å². The maximum Gasteiger partial charge on any atom is 0.286 e. The molecule has 0 atom stereocenters. The molecule has 4 rings (SSSR count).